The SMILES string of the molecule is CC[C@H]1C=C2CCC[C@H]2[C@H](C(=O)OC)[C@H]1O. The number of ether oxygens (including phenoxy) is 1. The molecule has 0 aromatic heterocycles. The van der Waals surface area contributed by atoms with Gasteiger partial charge in [-0.05, 0) is 31.6 Å². The number of aliphatic hydroxyl groups excluding tert-OH is 1. The summed E-state index contributed by atoms with van der Waals surface area (Å²) in [7, 11) is 1.41. The lowest BCUT2D eigenvalue weighted by atomic mass is 9.72. The van der Waals surface area contributed by atoms with Gasteiger partial charge in [0.25, 0.3) is 0 Å². The average Bonchev–Trinajstić information content (AvgIpc) is 2.74. The summed E-state index contributed by atoms with van der Waals surface area (Å²) in [6.07, 6.45) is 5.74. The number of rotatable bonds is 2. The number of allylic oxidation sites excluding steroid dienone is 1. The fourth-order valence-corrected chi connectivity index (χ4v) is 3.19. The van der Waals surface area contributed by atoms with Crippen LogP contribution >= 0.6 is 0 Å². The predicted octanol–water partition coefficient (Wildman–Crippen LogP) is 1.90. The number of hydrogen-bond donors (Lipinski definition) is 1. The Labute approximate surface area is 96.5 Å². The molecule has 3 nitrogen and oxygen atoms in total. The summed E-state index contributed by atoms with van der Waals surface area (Å²) in [6.45, 7) is 2.05. The Hall–Kier alpha value is -0.830. The van der Waals surface area contributed by atoms with Gasteiger partial charge in [-0.1, -0.05) is 18.6 Å². The van der Waals surface area contributed by atoms with Crippen molar-refractivity contribution in [3.8, 4) is 0 Å². The van der Waals surface area contributed by atoms with Crippen LogP contribution in [0.5, 0.6) is 0 Å². The predicted molar refractivity (Wildman–Crippen MR) is 60.7 cm³/mol. The van der Waals surface area contributed by atoms with Gasteiger partial charge in [0.1, 0.15) is 0 Å². The number of carbonyl (C=O) groups excluding carboxylic acids is 1. The summed E-state index contributed by atoms with van der Waals surface area (Å²) < 4.78 is 4.83. The Bertz CT molecular complexity index is 308. The van der Waals surface area contributed by atoms with E-state index in [4.69, 9.17) is 4.74 Å². The van der Waals surface area contributed by atoms with Crippen LogP contribution in [0.2, 0.25) is 0 Å². The zero-order valence-corrected chi connectivity index (χ0v) is 9.98. The molecule has 0 bridgehead atoms. The minimum Gasteiger partial charge on any atom is -0.469 e. The standard InChI is InChI=1S/C13H20O3/c1-3-8-7-9-5-4-6-10(9)11(12(8)14)13(15)16-2/h7-8,10-12,14H,3-6H2,1-2H3/t8-,10+,11-,12-/m0/s1. The summed E-state index contributed by atoms with van der Waals surface area (Å²) in [5.41, 5.74) is 1.37. The first-order chi connectivity index (χ1) is 7.69. The van der Waals surface area contributed by atoms with Crippen LogP contribution in [0.15, 0.2) is 11.6 Å². The van der Waals surface area contributed by atoms with Crippen molar-refractivity contribution in [3.05, 3.63) is 11.6 Å². The van der Waals surface area contributed by atoms with Crippen molar-refractivity contribution < 1.29 is 14.6 Å². The molecule has 0 aliphatic heterocycles. The van der Waals surface area contributed by atoms with Crippen LogP contribution < -0.4 is 0 Å². The molecule has 1 N–H and O–H groups in total. The zero-order valence-electron chi connectivity index (χ0n) is 9.98. The summed E-state index contributed by atoms with van der Waals surface area (Å²) in [6, 6.07) is 0. The number of hydrogen-bond acceptors (Lipinski definition) is 3. The molecule has 0 aromatic rings. The van der Waals surface area contributed by atoms with Crippen LogP contribution in [0, 0.1) is 17.8 Å². The van der Waals surface area contributed by atoms with Crippen molar-refractivity contribution in [2.24, 2.45) is 17.8 Å². The van der Waals surface area contributed by atoms with Gasteiger partial charge in [-0.15, -0.1) is 0 Å². The Morgan fingerprint density at radius 2 is 2.38 bits per heavy atom. The maximum absolute atomic E-state index is 11.8. The fourth-order valence-electron chi connectivity index (χ4n) is 3.19. The van der Waals surface area contributed by atoms with Crippen molar-refractivity contribution in [1.29, 1.82) is 0 Å². The molecule has 1 fully saturated rings. The molecule has 1 saturated carbocycles. The van der Waals surface area contributed by atoms with Gasteiger partial charge >= 0.3 is 5.97 Å². The Morgan fingerprint density at radius 1 is 1.62 bits per heavy atom. The van der Waals surface area contributed by atoms with E-state index in [1.54, 1.807) is 0 Å². The maximum atomic E-state index is 11.8. The van der Waals surface area contributed by atoms with Gasteiger partial charge in [-0.25, -0.2) is 0 Å². The van der Waals surface area contributed by atoms with Crippen molar-refractivity contribution >= 4 is 5.97 Å². The largest absolute Gasteiger partial charge is 0.469 e. The first-order valence-electron chi connectivity index (χ1n) is 6.15. The van der Waals surface area contributed by atoms with Crippen LogP contribution in [0.25, 0.3) is 0 Å². The summed E-state index contributed by atoms with van der Waals surface area (Å²) in [5.74, 6) is -0.236. The average molecular weight is 224 g/mol. The second-order valence-corrected chi connectivity index (χ2v) is 4.85. The summed E-state index contributed by atoms with van der Waals surface area (Å²) >= 11 is 0. The van der Waals surface area contributed by atoms with Gasteiger partial charge in [0, 0.05) is 5.92 Å². The molecule has 0 aromatic carbocycles. The van der Waals surface area contributed by atoms with Gasteiger partial charge in [0.15, 0.2) is 0 Å². The molecule has 2 aliphatic carbocycles. The van der Waals surface area contributed by atoms with Crippen LogP contribution in [-0.4, -0.2) is 24.3 Å². The zero-order chi connectivity index (χ0) is 11.7. The van der Waals surface area contributed by atoms with Crippen LogP contribution in [0.1, 0.15) is 32.6 Å². The monoisotopic (exact) mass is 224 g/mol. The molecular formula is C13H20O3. The van der Waals surface area contributed by atoms with E-state index in [-0.39, 0.29) is 23.7 Å². The molecule has 16 heavy (non-hydrogen) atoms. The van der Waals surface area contributed by atoms with E-state index in [0.29, 0.717) is 0 Å². The fraction of sp³-hybridized carbons (Fsp3) is 0.769. The van der Waals surface area contributed by atoms with Gasteiger partial charge in [-0.3, -0.25) is 4.79 Å². The summed E-state index contributed by atoms with van der Waals surface area (Å²) in [4.78, 5) is 11.8. The van der Waals surface area contributed by atoms with E-state index in [1.807, 2.05) is 0 Å². The molecule has 0 unspecified atom stereocenters. The quantitative estimate of drug-likeness (QED) is 0.575. The molecule has 90 valence electrons. The third kappa shape index (κ3) is 1.77. The lowest BCUT2D eigenvalue weighted by Gasteiger charge is -2.35. The van der Waals surface area contributed by atoms with E-state index < -0.39 is 6.10 Å². The second kappa shape index (κ2) is 4.58. The lowest BCUT2D eigenvalue weighted by molar-refractivity contribution is -0.153. The van der Waals surface area contributed by atoms with Gasteiger partial charge < -0.3 is 9.84 Å². The van der Waals surface area contributed by atoms with Crippen molar-refractivity contribution in [2.75, 3.05) is 7.11 Å². The topological polar surface area (TPSA) is 46.5 Å². The summed E-state index contributed by atoms with van der Waals surface area (Å²) in [5, 5.41) is 10.2. The molecule has 2 aliphatic rings. The molecule has 0 heterocycles. The maximum Gasteiger partial charge on any atom is 0.311 e. The van der Waals surface area contributed by atoms with E-state index in [1.165, 1.54) is 12.7 Å². The van der Waals surface area contributed by atoms with E-state index >= 15 is 0 Å². The molecular weight excluding hydrogens is 204 g/mol. The molecule has 4 atom stereocenters. The number of aliphatic hydroxyl groups is 1. The highest BCUT2D eigenvalue weighted by Crippen LogP contribution is 2.44. The Balaban J connectivity index is 2.29. The first-order valence-corrected chi connectivity index (χ1v) is 6.15. The third-order valence-electron chi connectivity index (χ3n) is 4.07. The van der Waals surface area contributed by atoms with Crippen molar-refractivity contribution in [1.82, 2.24) is 0 Å². The number of carbonyl (C=O) groups is 1. The first kappa shape index (κ1) is 11.6. The molecule has 3 heteroatoms. The third-order valence-corrected chi connectivity index (χ3v) is 4.07. The normalized spacial score (nSPS) is 37.8. The molecule has 0 spiro atoms. The minimum atomic E-state index is -0.565. The minimum absolute atomic E-state index is 0.119. The van der Waals surface area contributed by atoms with Gasteiger partial charge in [0.2, 0.25) is 0 Å². The van der Waals surface area contributed by atoms with E-state index in [0.717, 1.165) is 25.7 Å². The Morgan fingerprint density at radius 3 is 3.00 bits per heavy atom. The van der Waals surface area contributed by atoms with Crippen molar-refractivity contribution in [2.45, 2.75) is 38.7 Å². The lowest BCUT2D eigenvalue weighted by Crippen LogP contribution is -2.42. The van der Waals surface area contributed by atoms with E-state index in [2.05, 4.69) is 13.0 Å². The number of esters is 1. The van der Waals surface area contributed by atoms with Crippen LogP contribution in [0.3, 0.4) is 0 Å². The van der Waals surface area contributed by atoms with Gasteiger partial charge in [-0.2, -0.15) is 0 Å². The molecule has 0 saturated heterocycles. The second-order valence-electron chi connectivity index (χ2n) is 4.85. The molecule has 2 rings (SSSR count). The van der Waals surface area contributed by atoms with E-state index in [9.17, 15) is 9.90 Å². The van der Waals surface area contributed by atoms with Crippen LogP contribution in [0.4, 0.5) is 0 Å². The Kier molecular flexibility index (Phi) is 3.33. The molecule has 0 radical (unpaired) electrons. The highest BCUT2D eigenvalue weighted by molar-refractivity contribution is 5.74. The van der Waals surface area contributed by atoms with Gasteiger partial charge in [0.05, 0.1) is 19.1 Å². The molecule has 0 amide bonds. The smallest absolute Gasteiger partial charge is 0.311 e. The van der Waals surface area contributed by atoms with Crippen LogP contribution in [-0.2, 0) is 9.53 Å². The number of methoxy groups -OCH3 is 1. The number of fused-ring (bicyclic) bond motifs is 1. The highest BCUT2D eigenvalue weighted by Gasteiger charge is 2.44. The van der Waals surface area contributed by atoms with Crippen molar-refractivity contribution in [3.63, 3.8) is 0 Å². The highest BCUT2D eigenvalue weighted by atomic mass is 16.5.